The monoisotopic (exact) mass is 410 g/mol. The fourth-order valence-electron chi connectivity index (χ4n) is 4.30. The average Bonchev–Trinajstić information content (AvgIpc) is 3.06. The summed E-state index contributed by atoms with van der Waals surface area (Å²) in [4.78, 5) is 33.8. The largest absolute Gasteiger partial charge is 0.450 e. The molecule has 2 aliphatic heterocycles. The van der Waals surface area contributed by atoms with Crippen LogP contribution in [0.25, 0.3) is 11.0 Å². The summed E-state index contributed by atoms with van der Waals surface area (Å²) < 4.78 is 25.0. The van der Waals surface area contributed by atoms with Gasteiger partial charge in [0.05, 0.1) is 43.3 Å². The van der Waals surface area contributed by atoms with E-state index < -0.39 is 11.9 Å². The van der Waals surface area contributed by atoms with Crippen molar-refractivity contribution in [1.29, 1.82) is 0 Å². The van der Waals surface area contributed by atoms with Gasteiger partial charge in [-0.05, 0) is 29.8 Å². The van der Waals surface area contributed by atoms with Gasteiger partial charge in [-0.2, -0.15) is 0 Å². The number of hydrogen-bond acceptors (Lipinski definition) is 5. The average molecular weight is 410 g/mol. The van der Waals surface area contributed by atoms with Gasteiger partial charge in [0.15, 0.2) is 5.43 Å². The lowest BCUT2D eigenvalue weighted by molar-refractivity contribution is -0.907. The minimum atomic E-state index is -0.606. The molecule has 4 heterocycles. The summed E-state index contributed by atoms with van der Waals surface area (Å²) in [6.07, 6.45) is 3.29. The summed E-state index contributed by atoms with van der Waals surface area (Å²) in [5, 5.41) is 0.135. The summed E-state index contributed by atoms with van der Waals surface area (Å²) in [5.74, 6) is -0.815. The summed E-state index contributed by atoms with van der Waals surface area (Å²) in [6, 6.07) is 6.77. The zero-order valence-electron chi connectivity index (χ0n) is 16.3. The molecule has 7 nitrogen and oxygen atoms in total. The van der Waals surface area contributed by atoms with Gasteiger partial charge >= 0.3 is 0 Å². The van der Waals surface area contributed by atoms with E-state index >= 15 is 0 Å². The normalized spacial score (nSPS) is 19.4. The zero-order valence-corrected chi connectivity index (χ0v) is 16.3. The number of nitrogens with zero attached hydrogens (tertiary/aromatic N) is 2. The highest BCUT2D eigenvalue weighted by atomic mass is 19.1. The third-order valence-electron chi connectivity index (χ3n) is 5.83. The maximum absolute atomic E-state index is 13.8. The van der Waals surface area contributed by atoms with Gasteiger partial charge in [-0.15, -0.1) is 0 Å². The number of carbonyl (C=O) groups is 1. The van der Waals surface area contributed by atoms with Crippen LogP contribution in [-0.2, 0) is 4.74 Å². The van der Waals surface area contributed by atoms with Gasteiger partial charge < -0.3 is 19.0 Å². The summed E-state index contributed by atoms with van der Waals surface area (Å²) in [7, 11) is 0. The van der Waals surface area contributed by atoms with Gasteiger partial charge in [0.2, 0.25) is 5.76 Å². The maximum atomic E-state index is 13.8. The van der Waals surface area contributed by atoms with Crippen LogP contribution >= 0.6 is 0 Å². The first-order chi connectivity index (χ1) is 14.6. The molecule has 30 heavy (non-hydrogen) atoms. The molecule has 2 aliphatic rings. The number of aromatic nitrogens is 1. The molecule has 1 atom stereocenters. The number of ether oxygens (including phenoxy) is 1. The first-order valence-corrected chi connectivity index (χ1v) is 10.0. The molecule has 3 aromatic rings. The Morgan fingerprint density at radius 2 is 2.03 bits per heavy atom. The maximum Gasteiger partial charge on any atom is 0.291 e. The van der Waals surface area contributed by atoms with E-state index in [9.17, 15) is 14.0 Å². The molecule has 1 fully saturated rings. The molecule has 0 saturated carbocycles. The minimum Gasteiger partial charge on any atom is -0.450 e. The van der Waals surface area contributed by atoms with Crippen molar-refractivity contribution in [1.82, 2.24) is 9.88 Å². The van der Waals surface area contributed by atoms with Crippen molar-refractivity contribution < 1.29 is 23.2 Å². The molecule has 1 amide bonds. The van der Waals surface area contributed by atoms with Crippen LogP contribution < -0.4 is 10.3 Å². The van der Waals surface area contributed by atoms with Crippen LogP contribution in [0.15, 0.2) is 51.9 Å². The molecular formula is C22H21FN3O4+. The highest BCUT2D eigenvalue weighted by Gasteiger charge is 2.43. The lowest BCUT2D eigenvalue weighted by Gasteiger charge is -2.29. The van der Waals surface area contributed by atoms with Crippen molar-refractivity contribution in [3.63, 3.8) is 0 Å². The molecule has 1 aromatic carbocycles. The van der Waals surface area contributed by atoms with Crippen LogP contribution in [0, 0.1) is 5.82 Å². The number of benzene rings is 1. The van der Waals surface area contributed by atoms with Crippen LogP contribution in [0.2, 0.25) is 0 Å². The number of amides is 1. The zero-order chi connectivity index (χ0) is 20.7. The summed E-state index contributed by atoms with van der Waals surface area (Å²) in [6.45, 7) is 4.36. The van der Waals surface area contributed by atoms with E-state index in [1.807, 2.05) is 6.07 Å². The Morgan fingerprint density at radius 1 is 1.20 bits per heavy atom. The van der Waals surface area contributed by atoms with E-state index in [-0.39, 0.29) is 33.6 Å². The van der Waals surface area contributed by atoms with E-state index in [4.69, 9.17) is 9.15 Å². The molecular weight excluding hydrogens is 389 g/mol. The SMILES string of the molecule is O=C1c2oc3ccc(F)cc3c(=O)c2[C@@H](c2cccnc2)N1CC[NH+]1CCOCC1. The second-order valence-corrected chi connectivity index (χ2v) is 7.61. The molecule has 1 saturated heterocycles. The molecule has 0 spiro atoms. The van der Waals surface area contributed by atoms with Gasteiger partial charge in [-0.3, -0.25) is 14.6 Å². The number of quaternary nitrogens is 1. The number of halogens is 1. The molecule has 0 radical (unpaired) electrons. The fourth-order valence-corrected chi connectivity index (χ4v) is 4.30. The number of morpholine rings is 1. The molecule has 1 N–H and O–H groups in total. The van der Waals surface area contributed by atoms with Crippen molar-refractivity contribution in [2.45, 2.75) is 6.04 Å². The highest BCUT2D eigenvalue weighted by molar-refractivity contribution is 5.99. The lowest BCUT2D eigenvalue weighted by atomic mass is 10.00. The Kier molecular flexibility index (Phi) is 4.80. The van der Waals surface area contributed by atoms with E-state index in [1.54, 1.807) is 23.4 Å². The Labute approximate surface area is 171 Å². The van der Waals surface area contributed by atoms with Crippen LogP contribution in [0.1, 0.15) is 27.7 Å². The number of pyridine rings is 1. The highest BCUT2D eigenvalue weighted by Crippen LogP contribution is 2.37. The fraction of sp³-hybridized carbons (Fsp3) is 0.318. The number of rotatable bonds is 4. The van der Waals surface area contributed by atoms with Gasteiger partial charge in [-0.25, -0.2) is 4.39 Å². The van der Waals surface area contributed by atoms with Gasteiger partial charge in [-0.1, -0.05) is 6.07 Å². The molecule has 8 heteroatoms. The van der Waals surface area contributed by atoms with Gasteiger partial charge in [0.25, 0.3) is 5.91 Å². The van der Waals surface area contributed by atoms with Gasteiger partial charge in [0, 0.05) is 12.4 Å². The second kappa shape index (κ2) is 7.62. The molecule has 2 aromatic heterocycles. The first kappa shape index (κ1) is 18.9. The Hall–Kier alpha value is -3.10. The second-order valence-electron chi connectivity index (χ2n) is 7.61. The van der Waals surface area contributed by atoms with E-state index in [1.165, 1.54) is 17.0 Å². The van der Waals surface area contributed by atoms with Crippen LogP contribution in [-0.4, -0.2) is 55.2 Å². The smallest absolute Gasteiger partial charge is 0.291 e. The van der Waals surface area contributed by atoms with E-state index in [0.717, 1.165) is 31.3 Å². The number of hydrogen-bond donors (Lipinski definition) is 1. The number of carbonyl (C=O) groups excluding carboxylic acids is 1. The van der Waals surface area contributed by atoms with Crippen molar-refractivity contribution in [3.05, 3.63) is 75.7 Å². The number of nitrogens with one attached hydrogen (secondary N) is 1. The third-order valence-corrected chi connectivity index (χ3v) is 5.83. The number of fused-ring (bicyclic) bond motifs is 2. The predicted octanol–water partition coefficient (Wildman–Crippen LogP) is 0.787. The van der Waals surface area contributed by atoms with E-state index in [0.29, 0.717) is 19.8 Å². The summed E-state index contributed by atoms with van der Waals surface area (Å²) in [5.41, 5.74) is 0.806. The third kappa shape index (κ3) is 3.18. The van der Waals surface area contributed by atoms with Gasteiger partial charge in [0.1, 0.15) is 24.5 Å². The molecule has 0 bridgehead atoms. The Bertz CT molecular complexity index is 1160. The predicted molar refractivity (Wildman–Crippen MR) is 106 cm³/mol. The van der Waals surface area contributed by atoms with Crippen molar-refractivity contribution >= 4 is 16.9 Å². The summed E-state index contributed by atoms with van der Waals surface area (Å²) >= 11 is 0. The molecule has 154 valence electrons. The first-order valence-electron chi connectivity index (χ1n) is 10.0. The van der Waals surface area contributed by atoms with Crippen LogP contribution in [0.3, 0.4) is 0 Å². The minimum absolute atomic E-state index is 0.0324. The van der Waals surface area contributed by atoms with E-state index in [2.05, 4.69) is 4.98 Å². The van der Waals surface area contributed by atoms with Crippen molar-refractivity contribution in [3.8, 4) is 0 Å². The standard InChI is InChI=1S/C22H20FN3O4/c23-15-3-4-17-16(12-15)20(27)18-19(14-2-1-5-24-13-14)26(22(28)21(18)30-17)7-6-25-8-10-29-11-9-25/h1-5,12-13,19H,6-11H2/p+1/t19-/m1/s1. The van der Waals surface area contributed by atoms with Crippen LogP contribution in [0.5, 0.6) is 0 Å². The Morgan fingerprint density at radius 3 is 2.80 bits per heavy atom. The quantitative estimate of drug-likeness (QED) is 0.688. The molecule has 0 aliphatic carbocycles. The van der Waals surface area contributed by atoms with Crippen LogP contribution in [0.4, 0.5) is 4.39 Å². The molecule has 0 unspecified atom stereocenters. The van der Waals surface area contributed by atoms with Crippen molar-refractivity contribution in [2.24, 2.45) is 0 Å². The van der Waals surface area contributed by atoms with Crippen molar-refractivity contribution in [2.75, 3.05) is 39.4 Å². The lowest BCUT2D eigenvalue weighted by Crippen LogP contribution is -3.14. The topological polar surface area (TPSA) is 77.1 Å². The molecule has 5 rings (SSSR count). The Balaban J connectivity index is 1.60.